The fourth-order valence-corrected chi connectivity index (χ4v) is 6.17. The predicted molar refractivity (Wildman–Crippen MR) is 141 cm³/mol. The summed E-state index contributed by atoms with van der Waals surface area (Å²) in [6.07, 6.45) is 4.82. The third-order valence-electron chi connectivity index (χ3n) is 8.91. The Morgan fingerprint density at radius 1 is 1.22 bits per heavy atom. The first-order valence-electron chi connectivity index (χ1n) is 13.7. The Hall–Kier alpha value is -2.58. The van der Waals surface area contributed by atoms with Crippen molar-refractivity contribution in [3.8, 4) is 0 Å². The number of rotatable bonds is 7. The maximum absolute atomic E-state index is 14.1. The van der Waals surface area contributed by atoms with Crippen molar-refractivity contribution in [1.82, 2.24) is 19.8 Å². The first kappa shape index (κ1) is 26.0. The standard InChI is InChI=1S/C29H40FN5O2/c1-19(21-9-12-34(16-21)17-22-7-5-6-8-25(22)30)20(2)27(36)35-18-26-24(29(35,3)4)15-31-28(33-26)32-23-10-13-37-14-11-23/h5-8,15,19-21,23H,9-14,16-18H2,1-4H3,(H,31,32,33). The highest BCUT2D eigenvalue weighted by atomic mass is 19.1. The minimum Gasteiger partial charge on any atom is -0.381 e. The van der Waals surface area contributed by atoms with Crippen molar-refractivity contribution in [3.63, 3.8) is 0 Å². The van der Waals surface area contributed by atoms with Gasteiger partial charge in [0.25, 0.3) is 0 Å². The van der Waals surface area contributed by atoms with E-state index in [0.29, 0.717) is 31.0 Å². The summed E-state index contributed by atoms with van der Waals surface area (Å²) in [5.74, 6) is 1.19. The van der Waals surface area contributed by atoms with Crippen molar-refractivity contribution >= 4 is 11.9 Å². The van der Waals surface area contributed by atoms with Crippen molar-refractivity contribution in [2.75, 3.05) is 31.6 Å². The molecule has 1 N–H and O–H groups in total. The van der Waals surface area contributed by atoms with Crippen LogP contribution in [0.2, 0.25) is 0 Å². The lowest BCUT2D eigenvalue weighted by molar-refractivity contribution is -0.142. The van der Waals surface area contributed by atoms with Gasteiger partial charge in [0.05, 0.1) is 17.8 Å². The molecular formula is C29H40FN5O2. The van der Waals surface area contributed by atoms with Crippen LogP contribution in [0.15, 0.2) is 30.5 Å². The second-order valence-corrected chi connectivity index (χ2v) is 11.6. The topological polar surface area (TPSA) is 70.6 Å². The summed E-state index contributed by atoms with van der Waals surface area (Å²) in [6, 6.07) is 7.33. The van der Waals surface area contributed by atoms with Crippen molar-refractivity contribution in [1.29, 1.82) is 0 Å². The number of ether oxygens (including phenoxy) is 1. The van der Waals surface area contributed by atoms with E-state index in [0.717, 1.165) is 62.4 Å². The number of nitrogens with zero attached hydrogens (tertiary/aromatic N) is 4. The summed E-state index contributed by atoms with van der Waals surface area (Å²) < 4.78 is 19.6. The van der Waals surface area contributed by atoms with E-state index in [1.807, 2.05) is 23.2 Å². The van der Waals surface area contributed by atoms with Crippen LogP contribution in [0.25, 0.3) is 0 Å². The number of fused-ring (bicyclic) bond motifs is 1. The van der Waals surface area contributed by atoms with E-state index in [1.54, 1.807) is 6.07 Å². The molecule has 4 heterocycles. The fraction of sp³-hybridized carbons (Fsp3) is 0.621. The average Bonchev–Trinajstić information content (AvgIpc) is 3.46. The molecule has 3 unspecified atom stereocenters. The van der Waals surface area contributed by atoms with Gasteiger partial charge in [-0.2, -0.15) is 0 Å². The van der Waals surface area contributed by atoms with Gasteiger partial charge in [-0.3, -0.25) is 9.69 Å². The van der Waals surface area contributed by atoms with Gasteiger partial charge < -0.3 is 15.0 Å². The Morgan fingerprint density at radius 3 is 2.73 bits per heavy atom. The number of amides is 1. The zero-order chi connectivity index (χ0) is 26.2. The monoisotopic (exact) mass is 509 g/mol. The lowest BCUT2D eigenvalue weighted by Gasteiger charge is -2.36. The summed E-state index contributed by atoms with van der Waals surface area (Å²) in [4.78, 5) is 27.5. The zero-order valence-electron chi connectivity index (χ0n) is 22.5. The molecule has 7 nitrogen and oxygen atoms in total. The van der Waals surface area contributed by atoms with Crippen molar-refractivity contribution in [2.45, 2.75) is 71.6 Å². The smallest absolute Gasteiger partial charge is 0.226 e. The summed E-state index contributed by atoms with van der Waals surface area (Å²) in [5, 5.41) is 3.45. The van der Waals surface area contributed by atoms with Gasteiger partial charge in [0, 0.05) is 55.6 Å². The van der Waals surface area contributed by atoms with E-state index in [4.69, 9.17) is 9.72 Å². The van der Waals surface area contributed by atoms with Crippen LogP contribution in [0.3, 0.4) is 0 Å². The van der Waals surface area contributed by atoms with Crippen LogP contribution in [0.4, 0.5) is 10.3 Å². The SMILES string of the molecule is CC(C(=O)N1Cc2nc(NC3CCOCC3)ncc2C1(C)C)C(C)C1CCN(Cc2ccccc2F)C1. The van der Waals surface area contributed by atoms with Gasteiger partial charge in [0.1, 0.15) is 5.82 Å². The molecule has 2 saturated heterocycles. The quantitative estimate of drug-likeness (QED) is 0.589. The normalized spacial score (nSPS) is 23.6. The van der Waals surface area contributed by atoms with E-state index in [-0.39, 0.29) is 23.6 Å². The molecule has 1 amide bonds. The number of aromatic nitrogens is 2. The van der Waals surface area contributed by atoms with Crippen LogP contribution >= 0.6 is 0 Å². The van der Waals surface area contributed by atoms with E-state index >= 15 is 0 Å². The number of nitrogens with one attached hydrogen (secondary N) is 1. The van der Waals surface area contributed by atoms with Crippen LogP contribution in [0.1, 0.15) is 63.8 Å². The number of carbonyl (C=O) groups is 1. The molecule has 200 valence electrons. The fourth-order valence-electron chi connectivity index (χ4n) is 6.17. The molecule has 0 bridgehead atoms. The Balaban J connectivity index is 1.22. The first-order valence-corrected chi connectivity index (χ1v) is 13.7. The van der Waals surface area contributed by atoms with Gasteiger partial charge in [-0.15, -0.1) is 0 Å². The number of halogens is 1. The van der Waals surface area contributed by atoms with Crippen LogP contribution in [0.5, 0.6) is 0 Å². The Bertz CT molecular complexity index is 1120. The van der Waals surface area contributed by atoms with Crippen molar-refractivity contribution in [3.05, 3.63) is 53.1 Å². The van der Waals surface area contributed by atoms with Crippen molar-refractivity contribution in [2.24, 2.45) is 17.8 Å². The highest BCUT2D eigenvalue weighted by Crippen LogP contribution is 2.40. The van der Waals surface area contributed by atoms with E-state index < -0.39 is 5.54 Å². The summed E-state index contributed by atoms with van der Waals surface area (Å²) in [5.41, 5.74) is 2.24. The largest absolute Gasteiger partial charge is 0.381 e. The van der Waals surface area contributed by atoms with Gasteiger partial charge in [-0.05, 0) is 57.6 Å². The molecule has 5 rings (SSSR count). The molecule has 3 aliphatic heterocycles. The zero-order valence-corrected chi connectivity index (χ0v) is 22.5. The Morgan fingerprint density at radius 2 is 1.97 bits per heavy atom. The molecule has 3 atom stereocenters. The predicted octanol–water partition coefficient (Wildman–Crippen LogP) is 4.58. The van der Waals surface area contributed by atoms with Crippen LogP contribution < -0.4 is 5.32 Å². The molecular weight excluding hydrogens is 469 g/mol. The van der Waals surface area contributed by atoms with Gasteiger partial charge in [-0.25, -0.2) is 14.4 Å². The van der Waals surface area contributed by atoms with Gasteiger partial charge in [-0.1, -0.05) is 32.0 Å². The molecule has 37 heavy (non-hydrogen) atoms. The molecule has 1 aromatic heterocycles. The highest BCUT2D eigenvalue weighted by Gasteiger charge is 2.44. The minimum absolute atomic E-state index is 0.111. The molecule has 8 heteroatoms. The molecule has 1 aromatic carbocycles. The third kappa shape index (κ3) is 5.36. The highest BCUT2D eigenvalue weighted by molar-refractivity contribution is 5.80. The number of likely N-dealkylation sites (tertiary alicyclic amines) is 1. The first-order chi connectivity index (χ1) is 17.7. The van der Waals surface area contributed by atoms with Crippen LogP contribution in [0, 0.1) is 23.6 Å². The van der Waals surface area contributed by atoms with Crippen LogP contribution in [-0.4, -0.2) is 58.0 Å². The van der Waals surface area contributed by atoms with Crippen LogP contribution in [-0.2, 0) is 28.2 Å². The number of hydrogen-bond acceptors (Lipinski definition) is 6. The van der Waals surface area contributed by atoms with Crippen molar-refractivity contribution < 1.29 is 13.9 Å². The molecule has 0 radical (unpaired) electrons. The Labute approximate surface area is 219 Å². The number of benzene rings is 1. The lowest BCUT2D eigenvalue weighted by Crippen LogP contribution is -2.45. The van der Waals surface area contributed by atoms with Gasteiger partial charge >= 0.3 is 0 Å². The molecule has 2 aromatic rings. The third-order valence-corrected chi connectivity index (χ3v) is 8.91. The minimum atomic E-state index is -0.454. The molecule has 0 saturated carbocycles. The summed E-state index contributed by atoms with van der Waals surface area (Å²) in [6.45, 7) is 12.9. The number of anilines is 1. The van der Waals surface area contributed by atoms with E-state index in [1.165, 1.54) is 6.07 Å². The maximum Gasteiger partial charge on any atom is 0.226 e. The molecule has 3 aliphatic rings. The summed E-state index contributed by atoms with van der Waals surface area (Å²) >= 11 is 0. The van der Waals surface area contributed by atoms with E-state index in [9.17, 15) is 9.18 Å². The molecule has 2 fully saturated rings. The number of carbonyl (C=O) groups excluding carboxylic acids is 1. The second-order valence-electron chi connectivity index (χ2n) is 11.6. The van der Waals surface area contributed by atoms with Gasteiger partial charge in [0.2, 0.25) is 11.9 Å². The van der Waals surface area contributed by atoms with Gasteiger partial charge in [0.15, 0.2) is 0 Å². The molecule has 0 spiro atoms. The average molecular weight is 510 g/mol. The number of hydrogen-bond donors (Lipinski definition) is 1. The maximum atomic E-state index is 14.1. The van der Waals surface area contributed by atoms with E-state index in [2.05, 4.69) is 42.9 Å². The second kappa shape index (κ2) is 10.7. The Kier molecular flexibility index (Phi) is 7.50. The lowest BCUT2D eigenvalue weighted by atomic mass is 9.82. The summed E-state index contributed by atoms with van der Waals surface area (Å²) in [7, 11) is 0. The molecule has 0 aliphatic carbocycles.